The van der Waals surface area contributed by atoms with E-state index in [1.54, 1.807) is 11.3 Å². The minimum Gasteiger partial charge on any atom is -0.368 e. The molecule has 0 amide bonds. The number of hydrogen-bond donors (Lipinski definition) is 1. The summed E-state index contributed by atoms with van der Waals surface area (Å²) in [5, 5.41) is 9.90. The van der Waals surface area contributed by atoms with Crippen molar-refractivity contribution in [3.63, 3.8) is 0 Å². The summed E-state index contributed by atoms with van der Waals surface area (Å²) in [5.41, 5.74) is 9.20. The lowest BCUT2D eigenvalue weighted by Gasteiger charge is -2.00. The molecule has 3 rings (SSSR count). The average molecular weight is 230 g/mol. The van der Waals surface area contributed by atoms with Crippen molar-refractivity contribution in [1.82, 2.24) is 14.6 Å². The lowest BCUT2D eigenvalue weighted by Crippen LogP contribution is -1.94. The Hall–Kier alpha value is -1.88. The van der Waals surface area contributed by atoms with Crippen molar-refractivity contribution in [2.75, 3.05) is 5.73 Å². The molecule has 0 saturated heterocycles. The molecule has 4 nitrogen and oxygen atoms in total. The van der Waals surface area contributed by atoms with Crippen LogP contribution in [0, 0.1) is 6.92 Å². The Kier molecular flexibility index (Phi) is 1.94. The molecule has 0 atom stereocenters. The molecule has 0 bridgehead atoms. The first-order valence-corrected chi connectivity index (χ1v) is 5.79. The topological polar surface area (TPSA) is 56.2 Å². The highest BCUT2D eigenvalue weighted by atomic mass is 32.1. The maximum Gasteiger partial charge on any atom is 0.227 e. The highest BCUT2D eigenvalue weighted by Gasteiger charge is 2.10. The molecule has 2 N–H and O–H groups in total. The molecule has 3 aromatic rings. The second-order valence-electron chi connectivity index (χ2n) is 3.66. The molecule has 0 fully saturated rings. The number of aryl methyl sites for hydroxylation is 1. The number of hydrogen-bond acceptors (Lipinski definition) is 4. The van der Waals surface area contributed by atoms with Crippen molar-refractivity contribution in [1.29, 1.82) is 0 Å². The highest BCUT2D eigenvalue weighted by molar-refractivity contribution is 7.15. The minimum atomic E-state index is 0.437. The predicted molar refractivity (Wildman–Crippen MR) is 65.4 cm³/mol. The molecular weight excluding hydrogens is 220 g/mol. The Morgan fingerprint density at radius 3 is 2.69 bits per heavy atom. The third-order valence-electron chi connectivity index (χ3n) is 2.52. The van der Waals surface area contributed by atoms with Gasteiger partial charge in [-0.05, 0) is 12.5 Å². The van der Waals surface area contributed by atoms with E-state index in [1.807, 2.05) is 9.78 Å². The molecule has 2 heterocycles. The molecule has 0 radical (unpaired) electrons. The summed E-state index contributed by atoms with van der Waals surface area (Å²) in [6.45, 7) is 2.07. The van der Waals surface area contributed by atoms with Crippen LogP contribution in [0.15, 0.2) is 29.6 Å². The third-order valence-corrected chi connectivity index (χ3v) is 3.34. The van der Waals surface area contributed by atoms with Crippen LogP contribution in [0.5, 0.6) is 0 Å². The van der Waals surface area contributed by atoms with Crippen molar-refractivity contribution in [3.8, 4) is 11.3 Å². The second-order valence-corrected chi connectivity index (χ2v) is 4.50. The number of thiazole rings is 1. The van der Waals surface area contributed by atoms with Gasteiger partial charge in [0.05, 0.1) is 5.69 Å². The molecule has 80 valence electrons. The number of nitrogens with two attached hydrogens (primary N) is 1. The van der Waals surface area contributed by atoms with Gasteiger partial charge in [0.2, 0.25) is 10.9 Å². The summed E-state index contributed by atoms with van der Waals surface area (Å²) in [6.07, 6.45) is 0. The van der Waals surface area contributed by atoms with Gasteiger partial charge in [-0.1, -0.05) is 29.8 Å². The fraction of sp³-hybridized carbons (Fsp3) is 0.0909. The number of rotatable bonds is 1. The van der Waals surface area contributed by atoms with E-state index in [2.05, 4.69) is 41.4 Å². The van der Waals surface area contributed by atoms with Crippen LogP contribution in [0.4, 0.5) is 5.95 Å². The summed E-state index contributed by atoms with van der Waals surface area (Å²) in [5.74, 6) is 0.437. The van der Waals surface area contributed by atoms with Crippen molar-refractivity contribution in [2.45, 2.75) is 6.92 Å². The van der Waals surface area contributed by atoms with Crippen LogP contribution < -0.4 is 5.73 Å². The zero-order valence-electron chi connectivity index (χ0n) is 8.71. The van der Waals surface area contributed by atoms with E-state index in [9.17, 15) is 0 Å². The van der Waals surface area contributed by atoms with Gasteiger partial charge in [0.25, 0.3) is 0 Å². The minimum absolute atomic E-state index is 0.437. The van der Waals surface area contributed by atoms with E-state index in [0.717, 1.165) is 16.2 Å². The van der Waals surface area contributed by atoms with Gasteiger partial charge in [0, 0.05) is 5.38 Å². The zero-order chi connectivity index (χ0) is 11.1. The third kappa shape index (κ3) is 1.29. The van der Waals surface area contributed by atoms with E-state index in [0.29, 0.717) is 5.95 Å². The quantitative estimate of drug-likeness (QED) is 0.698. The standard InChI is InChI=1S/C11H10N4S/c1-7-2-4-8(5-3-7)9-6-16-11-14-13-10(12)15(9)11/h2-6H,1H3,(H2,12,13). The van der Waals surface area contributed by atoms with Crippen LogP contribution in [0.3, 0.4) is 0 Å². The molecule has 0 unspecified atom stereocenters. The molecule has 2 aromatic heterocycles. The monoisotopic (exact) mass is 230 g/mol. The van der Waals surface area contributed by atoms with E-state index < -0.39 is 0 Å². The number of nitrogens with zero attached hydrogens (tertiary/aromatic N) is 3. The van der Waals surface area contributed by atoms with Crippen LogP contribution in [0.1, 0.15) is 5.56 Å². The highest BCUT2D eigenvalue weighted by Crippen LogP contribution is 2.27. The fourth-order valence-corrected chi connectivity index (χ4v) is 2.51. The van der Waals surface area contributed by atoms with Crippen LogP contribution >= 0.6 is 11.3 Å². The maximum absolute atomic E-state index is 5.78. The van der Waals surface area contributed by atoms with Gasteiger partial charge < -0.3 is 5.73 Å². The van der Waals surface area contributed by atoms with Crippen molar-refractivity contribution in [3.05, 3.63) is 35.2 Å². The fourth-order valence-electron chi connectivity index (χ4n) is 1.67. The predicted octanol–water partition coefficient (Wildman–Crippen LogP) is 2.35. The molecule has 0 spiro atoms. The van der Waals surface area contributed by atoms with Gasteiger partial charge in [-0.15, -0.1) is 21.5 Å². The zero-order valence-corrected chi connectivity index (χ0v) is 9.53. The Morgan fingerprint density at radius 1 is 1.19 bits per heavy atom. The van der Waals surface area contributed by atoms with Crippen LogP contribution in [-0.2, 0) is 0 Å². The van der Waals surface area contributed by atoms with Crippen molar-refractivity contribution < 1.29 is 0 Å². The largest absolute Gasteiger partial charge is 0.368 e. The molecule has 16 heavy (non-hydrogen) atoms. The number of fused-ring (bicyclic) bond motifs is 1. The Bertz CT molecular complexity index is 636. The number of anilines is 1. The summed E-state index contributed by atoms with van der Waals surface area (Å²) < 4.78 is 1.87. The molecule has 1 aromatic carbocycles. The molecule has 0 aliphatic heterocycles. The summed E-state index contributed by atoms with van der Waals surface area (Å²) in [7, 11) is 0. The normalized spacial score (nSPS) is 11.1. The Labute approximate surface area is 96.4 Å². The van der Waals surface area contributed by atoms with Crippen molar-refractivity contribution >= 4 is 22.2 Å². The Balaban J connectivity index is 2.25. The Morgan fingerprint density at radius 2 is 1.94 bits per heavy atom. The first-order chi connectivity index (χ1) is 7.75. The van der Waals surface area contributed by atoms with E-state index in [4.69, 9.17) is 5.73 Å². The molecular formula is C11H10N4S. The van der Waals surface area contributed by atoms with Crippen LogP contribution in [-0.4, -0.2) is 14.6 Å². The van der Waals surface area contributed by atoms with E-state index >= 15 is 0 Å². The molecule has 0 aliphatic carbocycles. The van der Waals surface area contributed by atoms with E-state index in [1.165, 1.54) is 5.56 Å². The number of aromatic nitrogens is 3. The second kappa shape index (κ2) is 3.31. The van der Waals surface area contributed by atoms with Crippen LogP contribution in [0.25, 0.3) is 16.2 Å². The lowest BCUT2D eigenvalue weighted by molar-refractivity contribution is 1.12. The van der Waals surface area contributed by atoms with Crippen molar-refractivity contribution in [2.24, 2.45) is 0 Å². The first-order valence-electron chi connectivity index (χ1n) is 4.91. The first kappa shape index (κ1) is 9.35. The number of benzene rings is 1. The van der Waals surface area contributed by atoms with Gasteiger partial charge in [-0.25, -0.2) is 0 Å². The van der Waals surface area contributed by atoms with Gasteiger partial charge in [0.1, 0.15) is 0 Å². The SMILES string of the molecule is Cc1ccc(-c2csc3nnc(N)n23)cc1. The van der Waals surface area contributed by atoms with E-state index in [-0.39, 0.29) is 0 Å². The lowest BCUT2D eigenvalue weighted by atomic mass is 10.1. The van der Waals surface area contributed by atoms with Gasteiger partial charge >= 0.3 is 0 Å². The summed E-state index contributed by atoms with van der Waals surface area (Å²) >= 11 is 1.54. The van der Waals surface area contributed by atoms with Gasteiger partial charge in [-0.3, -0.25) is 4.40 Å². The molecule has 5 heteroatoms. The average Bonchev–Trinajstić information content (AvgIpc) is 2.84. The molecule has 0 saturated carbocycles. The maximum atomic E-state index is 5.78. The van der Waals surface area contributed by atoms with Gasteiger partial charge in [-0.2, -0.15) is 0 Å². The smallest absolute Gasteiger partial charge is 0.227 e. The van der Waals surface area contributed by atoms with Gasteiger partial charge in [0.15, 0.2) is 0 Å². The molecule has 0 aliphatic rings. The summed E-state index contributed by atoms with van der Waals surface area (Å²) in [6, 6.07) is 8.32. The number of nitrogen functional groups attached to an aromatic ring is 1. The summed E-state index contributed by atoms with van der Waals surface area (Å²) in [4.78, 5) is 0.827. The van der Waals surface area contributed by atoms with Crippen LogP contribution in [0.2, 0.25) is 0 Å².